The van der Waals surface area contributed by atoms with E-state index in [0.29, 0.717) is 22.1 Å². The van der Waals surface area contributed by atoms with Gasteiger partial charge in [0.2, 0.25) is 0 Å². The summed E-state index contributed by atoms with van der Waals surface area (Å²) >= 11 is 5.91. The van der Waals surface area contributed by atoms with E-state index in [4.69, 9.17) is 21.1 Å². The van der Waals surface area contributed by atoms with E-state index >= 15 is 0 Å². The molecule has 6 heteroatoms. The maximum atomic E-state index is 11.9. The van der Waals surface area contributed by atoms with Gasteiger partial charge in [-0.3, -0.25) is 4.79 Å². The molecule has 1 rings (SSSR count). The number of methoxy groups -OCH3 is 1. The molecule has 0 spiro atoms. The Labute approximate surface area is 124 Å². The lowest BCUT2D eigenvalue weighted by Crippen LogP contribution is -2.36. The molecule has 0 bridgehead atoms. The number of rotatable bonds is 6. The number of carbonyl (C=O) groups excluding carboxylic acids is 1. The lowest BCUT2D eigenvalue weighted by molar-refractivity contribution is -0.133. The zero-order chi connectivity index (χ0) is 15.3. The molecule has 0 aliphatic carbocycles. The zero-order valence-corrected chi connectivity index (χ0v) is 12.9. The van der Waals surface area contributed by atoms with Gasteiger partial charge in [0.25, 0.3) is 5.91 Å². The molecule has 0 aliphatic heterocycles. The number of halogens is 1. The Bertz CT molecular complexity index is 451. The number of amides is 1. The predicted molar refractivity (Wildman–Crippen MR) is 77.3 cm³/mol. The van der Waals surface area contributed by atoms with Crippen LogP contribution in [0.2, 0.25) is 5.02 Å². The molecule has 0 saturated carbocycles. The van der Waals surface area contributed by atoms with Gasteiger partial charge in [-0.25, -0.2) is 0 Å². The molecule has 5 nitrogen and oxygen atoms in total. The van der Waals surface area contributed by atoms with Gasteiger partial charge >= 0.3 is 0 Å². The molecule has 1 aromatic rings. The molecule has 1 aromatic carbocycles. The third-order valence-corrected chi connectivity index (χ3v) is 3.21. The summed E-state index contributed by atoms with van der Waals surface area (Å²) in [6.07, 6.45) is 0. The first-order chi connectivity index (χ1) is 9.40. The number of hydrogen-bond acceptors (Lipinski definition) is 4. The second-order valence-corrected chi connectivity index (χ2v) is 5.08. The highest BCUT2D eigenvalue weighted by Crippen LogP contribution is 2.34. The molecule has 0 saturated heterocycles. The highest BCUT2D eigenvalue weighted by Gasteiger charge is 2.17. The smallest absolute Gasteiger partial charge is 0.260 e. The first-order valence-corrected chi connectivity index (χ1v) is 6.64. The zero-order valence-electron chi connectivity index (χ0n) is 12.1. The van der Waals surface area contributed by atoms with Crippen molar-refractivity contribution in [3.05, 3.63) is 22.7 Å². The maximum Gasteiger partial charge on any atom is 0.260 e. The van der Waals surface area contributed by atoms with Crippen LogP contribution in [0.3, 0.4) is 0 Å². The highest BCUT2D eigenvalue weighted by atomic mass is 35.5. The number of aliphatic hydroxyl groups excluding tert-OH is 1. The summed E-state index contributed by atoms with van der Waals surface area (Å²) in [5, 5.41) is 9.77. The largest absolute Gasteiger partial charge is 0.493 e. The summed E-state index contributed by atoms with van der Waals surface area (Å²) in [5.41, 5.74) is 0.481. The van der Waals surface area contributed by atoms with Crippen LogP contribution in [0.5, 0.6) is 11.5 Å². The fourth-order valence-corrected chi connectivity index (χ4v) is 1.81. The van der Waals surface area contributed by atoms with E-state index in [1.54, 1.807) is 24.1 Å². The van der Waals surface area contributed by atoms with E-state index < -0.39 is 0 Å². The van der Waals surface area contributed by atoms with Crippen molar-refractivity contribution in [1.29, 1.82) is 0 Å². The van der Waals surface area contributed by atoms with Gasteiger partial charge in [0, 0.05) is 29.7 Å². The number of benzene rings is 1. The van der Waals surface area contributed by atoms with E-state index in [9.17, 15) is 9.90 Å². The van der Waals surface area contributed by atoms with Crippen molar-refractivity contribution in [2.75, 3.05) is 20.8 Å². The van der Waals surface area contributed by atoms with E-state index in [-0.39, 0.29) is 25.2 Å². The van der Waals surface area contributed by atoms with Crippen LogP contribution in [0.15, 0.2) is 12.1 Å². The summed E-state index contributed by atoms with van der Waals surface area (Å²) in [6, 6.07) is 3.25. The van der Waals surface area contributed by atoms with Crippen LogP contribution in [0.4, 0.5) is 0 Å². The van der Waals surface area contributed by atoms with Gasteiger partial charge < -0.3 is 19.5 Å². The van der Waals surface area contributed by atoms with Crippen LogP contribution in [-0.2, 0) is 11.4 Å². The van der Waals surface area contributed by atoms with Gasteiger partial charge in [-0.05, 0) is 19.9 Å². The van der Waals surface area contributed by atoms with Crippen molar-refractivity contribution in [2.24, 2.45) is 0 Å². The molecule has 1 amide bonds. The lowest BCUT2D eigenvalue weighted by Gasteiger charge is -2.22. The van der Waals surface area contributed by atoms with Gasteiger partial charge in [0.05, 0.1) is 13.7 Å². The van der Waals surface area contributed by atoms with Crippen molar-refractivity contribution >= 4 is 17.5 Å². The first-order valence-electron chi connectivity index (χ1n) is 6.26. The average molecular weight is 302 g/mol. The number of ether oxygens (including phenoxy) is 2. The fourth-order valence-electron chi connectivity index (χ4n) is 1.58. The normalized spacial score (nSPS) is 10.6. The number of hydrogen-bond donors (Lipinski definition) is 1. The van der Waals surface area contributed by atoms with Crippen LogP contribution < -0.4 is 9.47 Å². The minimum Gasteiger partial charge on any atom is -0.493 e. The molecule has 0 atom stereocenters. The van der Waals surface area contributed by atoms with E-state index in [1.807, 2.05) is 13.8 Å². The third-order valence-electron chi connectivity index (χ3n) is 2.99. The number of likely N-dealkylation sites (N-methyl/N-ethyl adjacent to an activating group) is 1. The van der Waals surface area contributed by atoms with Gasteiger partial charge in [-0.1, -0.05) is 11.6 Å². The number of nitrogens with zero attached hydrogens (tertiary/aromatic N) is 1. The van der Waals surface area contributed by atoms with Crippen molar-refractivity contribution in [3.63, 3.8) is 0 Å². The maximum absolute atomic E-state index is 11.9. The average Bonchev–Trinajstić information content (AvgIpc) is 2.43. The minimum absolute atomic E-state index is 0.0931. The molecule has 20 heavy (non-hydrogen) atoms. The first kappa shape index (κ1) is 16.6. The number of carbonyl (C=O) groups is 1. The Morgan fingerprint density at radius 2 is 2.10 bits per heavy atom. The summed E-state index contributed by atoms with van der Waals surface area (Å²) in [7, 11) is 3.18. The Balaban J connectivity index is 2.89. The van der Waals surface area contributed by atoms with Gasteiger partial charge in [-0.2, -0.15) is 0 Å². The monoisotopic (exact) mass is 301 g/mol. The van der Waals surface area contributed by atoms with E-state index in [1.165, 1.54) is 7.11 Å². The number of aliphatic hydroxyl groups is 1. The summed E-state index contributed by atoms with van der Waals surface area (Å²) < 4.78 is 10.7. The molecule has 0 unspecified atom stereocenters. The molecule has 0 aliphatic rings. The topological polar surface area (TPSA) is 59.0 Å². The van der Waals surface area contributed by atoms with Crippen LogP contribution in [0.25, 0.3) is 0 Å². The molecular weight excluding hydrogens is 282 g/mol. The van der Waals surface area contributed by atoms with Crippen molar-refractivity contribution < 1.29 is 19.4 Å². The van der Waals surface area contributed by atoms with Crippen LogP contribution in [-0.4, -0.2) is 42.7 Å². The summed E-state index contributed by atoms with van der Waals surface area (Å²) in [5.74, 6) is 0.576. The molecule has 0 aromatic heterocycles. The Kier molecular flexibility index (Phi) is 6.10. The van der Waals surface area contributed by atoms with Crippen molar-refractivity contribution in [1.82, 2.24) is 4.90 Å². The van der Waals surface area contributed by atoms with Crippen molar-refractivity contribution in [3.8, 4) is 11.5 Å². The molecular formula is C14H20ClNO4. The fraction of sp³-hybridized carbons (Fsp3) is 0.500. The lowest BCUT2D eigenvalue weighted by atomic mass is 10.2. The molecule has 0 heterocycles. The van der Waals surface area contributed by atoms with Crippen LogP contribution >= 0.6 is 11.6 Å². The van der Waals surface area contributed by atoms with Crippen molar-refractivity contribution in [2.45, 2.75) is 26.5 Å². The minimum atomic E-state index is -0.250. The van der Waals surface area contributed by atoms with Gasteiger partial charge in [0.15, 0.2) is 18.1 Å². The Hall–Kier alpha value is -1.46. The predicted octanol–water partition coefficient (Wildman–Crippen LogP) is 2.09. The molecule has 112 valence electrons. The summed E-state index contributed by atoms with van der Waals surface area (Å²) in [6.45, 7) is 3.46. The molecule has 0 fully saturated rings. The molecule has 1 N–H and O–H groups in total. The third kappa shape index (κ3) is 4.02. The van der Waals surface area contributed by atoms with E-state index in [0.717, 1.165) is 0 Å². The van der Waals surface area contributed by atoms with E-state index in [2.05, 4.69) is 0 Å². The SMILES string of the molecule is COc1cc(Cl)cc(CO)c1OCC(=O)N(C)C(C)C. The molecule has 0 radical (unpaired) electrons. The quantitative estimate of drug-likeness (QED) is 0.874. The van der Waals surface area contributed by atoms with Crippen LogP contribution in [0.1, 0.15) is 19.4 Å². The second kappa shape index (κ2) is 7.36. The van der Waals surface area contributed by atoms with Gasteiger partial charge in [-0.15, -0.1) is 0 Å². The Morgan fingerprint density at radius 1 is 1.45 bits per heavy atom. The summed E-state index contributed by atoms with van der Waals surface area (Å²) in [4.78, 5) is 13.5. The highest BCUT2D eigenvalue weighted by molar-refractivity contribution is 6.30. The van der Waals surface area contributed by atoms with Crippen LogP contribution in [0, 0.1) is 0 Å². The van der Waals surface area contributed by atoms with Gasteiger partial charge in [0.1, 0.15) is 0 Å². The Morgan fingerprint density at radius 3 is 2.60 bits per heavy atom. The standard InChI is InChI=1S/C14H20ClNO4/c1-9(2)16(3)13(18)8-20-14-10(7-17)5-11(15)6-12(14)19-4/h5-6,9,17H,7-8H2,1-4H3. The second-order valence-electron chi connectivity index (χ2n) is 4.64.